The Bertz CT molecular complexity index is 516. The van der Waals surface area contributed by atoms with Crippen LogP contribution in [0.3, 0.4) is 0 Å². The molecule has 1 amide bonds. The number of rotatable bonds is 3. The molecule has 0 N–H and O–H groups in total. The van der Waals surface area contributed by atoms with Crippen molar-refractivity contribution >= 4 is 34.9 Å². The van der Waals surface area contributed by atoms with Crippen molar-refractivity contribution in [2.24, 2.45) is 0 Å². The van der Waals surface area contributed by atoms with Gasteiger partial charge in [0.2, 0.25) is 5.91 Å². The molecule has 1 aliphatic heterocycles. The summed E-state index contributed by atoms with van der Waals surface area (Å²) in [5, 5.41) is 0.995. The predicted octanol–water partition coefficient (Wildman–Crippen LogP) is 3.64. The van der Waals surface area contributed by atoms with E-state index in [9.17, 15) is 9.59 Å². The van der Waals surface area contributed by atoms with Gasteiger partial charge in [-0.1, -0.05) is 29.3 Å². The van der Waals surface area contributed by atoms with Crippen LogP contribution in [-0.4, -0.2) is 23.1 Å². The third-order valence-electron chi connectivity index (χ3n) is 3.30. The molecule has 19 heavy (non-hydrogen) atoms. The van der Waals surface area contributed by atoms with Gasteiger partial charge in [0.25, 0.3) is 0 Å². The number of benzene rings is 1. The topological polar surface area (TPSA) is 37.4 Å². The molecule has 0 bridgehead atoms. The molecule has 0 spiro atoms. The third-order valence-corrected chi connectivity index (χ3v) is 4.04. The molecule has 3 nitrogen and oxygen atoms in total. The van der Waals surface area contributed by atoms with Gasteiger partial charge in [-0.05, 0) is 37.5 Å². The first kappa shape index (κ1) is 14.4. The molecule has 1 aromatic rings. The number of ketones is 1. The fourth-order valence-electron chi connectivity index (χ4n) is 2.45. The highest BCUT2D eigenvalue weighted by molar-refractivity contribution is 6.42. The number of hydrogen-bond donors (Lipinski definition) is 0. The lowest BCUT2D eigenvalue weighted by Gasteiger charge is -2.25. The van der Waals surface area contributed by atoms with Crippen LogP contribution in [0.2, 0.25) is 10.0 Å². The monoisotopic (exact) mass is 299 g/mol. The highest BCUT2D eigenvalue weighted by atomic mass is 35.5. The Morgan fingerprint density at radius 1 is 1.32 bits per heavy atom. The number of Topliss-reactive ketones (excluding diaryl/α,β-unsaturated/α-hetero) is 1. The minimum Gasteiger partial charge on any atom is -0.335 e. The van der Waals surface area contributed by atoms with Gasteiger partial charge in [0.1, 0.15) is 5.78 Å². The zero-order valence-corrected chi connectivity index (χ0v) is 12.2. The Labute approximate surface area is 122 Å². The number of hydrogen-bond acceptors (Lipinski definition) is 2. The largest absolute Gasteiger partial charge is 0.335 e. The standard InChI is InChI=1S/C14H15Cl2NO2/c1-9(18)7-14(19)17-6-2-3-13(17)10-4-5-11(15)12(16)8-10/h4-5,8,13H,2-3,6-7H2,1H3. The van der Waals surface area contributed by atoms with E-state index in [1.807, 2.05) is 6.07 Å². The normalized spacial score (nSPS) is 18.7. The molecular weight excluding hydrogens is 285 g/mol. The number of nitrogens with zero attached hydrogens (tertiary/aromatic N) is 1. The van der Waals surface area contributed by atoms with Gasteiger partial charge >= 0.3 is 0 Å². The van der Waals surface area contributed by atoms with Gasteiger partial charge < -0.3 is 4.90 Å². The lowest BCUT2D eigenvalue weighted by Crippen LogP contribution is -2.31. The molecule has 1 unspecified atom stereocenters. The van der Waals surface area contributed by atoms with E-state index >= 15 is 0 Å². The first-order valence-corrected chi connectivity index (χ1v) is 6.98. The van der Waals surface area contributed by atoms with Crippen molar-refractivity contribution in [3.05, 3.63) is 33.8 Å². The van der Waals surface area contributed by atoms with Crippen molar-refractivity contribution < 1.29 is 9.59 Å². The second kappa shape index (κ2) is 5.93. The molecule has 1 atom stereocenters. The molecular formula is C14H15Cl2NO2. The summed E-state index contributed by atoms with van der Waals surface area (Å²) in [6, 6.07) is 5.43. The van der Waals surface area contributed by atoms with E-state index in [1.165, 1.54) is 6.92 Å². The van der Waals surface area contributed by atoms with Gasteiger partial charge in [0.15, 0.2) is 0 Å². The van der Waals surface area contributed by atoms with Crippen molar-refractivity contribution in [3.63, 3.8) is 0 Å². The number of carbonyl (C=O) groups is 2. The Hall–Kier alpha value is -1.06. The summed E-state index contributed by atoms with van der Waals surface area (Å²) in [7, 11) is 0. The maximum absolute atomic E-state index is 12.0. The van der Waals surface area contributed by atoms with E-state index < -0.39 is 0 Å². The highest BCUT2D eigenvalue weighted by Gasteiger charge is 2.30. The van der Waals surface area contributed by atoms with E-state index in [2.05, 4.69) is 0 Å². The molecule has 1 heterocycles. The van der Waals surface area contributed by atoms with E-state index in [4.69, 9.17) is 23.2 Å². The minimum atomic E-state index is -0.110. The van der Waals surface area contributed by atoms with E-state index in [1.54, 1.807) is 17.0 Å². The zero-order chi connectivity index (χ0) is 14.0. The van der Waals surface area contributed by atoms with Gasteiger partial charge in [0, 0.05) is 6.54 Å². The molecule has 1 fully saturated rings. The van der Waals surface area contributed by atoms with Crippen molar-refractivity contribution in [3.8, 4) is 0 Å². The second-order valence-corrected chi connectivity index (χ2v) is 5.61. The van der Waals surface area contributed by atoms with Gasteiger partial charge in [-0.25, -0.2) is 0 Å². The van der Waals surface area contributed by atoms with Crippen LogP contribution in [0.15, 0.2) is 18.2 Å². The van der Waals surface area contributed by atoms with Crippen molar-refractivity contribution in [2.75, 3.05) is 6.54 Å². The average Bonchev–Trinajstić information content (AvgIpc) is 2.81. The van der Waals surface area contributed by atoms with E-state index in [0.29, 0.717) is 16.6 Å². The van der Waals surface area contributed by atoms with Crippen LogP contribution in [0.4, 0.5) is 0 Å². The molecule has 0 saturated carbocycles. The fraction of sp³-hybridized carbons (Fsp3) is 0.429. The maximum atomic E-state index is 12.0. The van der Waals surface area contributed by atoms with E-state index in [-0.39, 0.29) is 24.2 Å². The van der Waals surface area contributed by atoms with Gasteiger partial charge in [-0.3, -0.25) is 9.59 Å². The molecule has 0 radical (unpaired) electrons. The molecule has 2 rings (SSSR count). The van der Waals surface area contributed by atoms with Crippen molar-refractivity contribution in [1.29, 1.82) is 0 Å². The molecule has 102 valence electrons. The Balaban J connectivity index is 2.20. The number of halogens is 2. The lowest BCUT2D eigenvalue weighted by molar-refractivity contribution is -0.135. The lowest BCUT2D eigenvalue weighted by atomic mass is 10.0. The number of carbonyl (C=O) groups excluding carboxylic acids is 2. The molecule has 1 aliphatic rings. The smallest absolute Gasteiger partial charge is 0.230 e. The quantitative estimate of drug-likeness (QED) is 0.799. The van der Waals surface area contributed by atoms with Crippen LogP contribution in [0, 0.1) is 0 Å². The van der Waals surface area contributed by atoms with Gasteiger partial charge in [-0.2, -0.15) is 0 Å². The zero-order valence-electron chi connectivity index (χ0n) is 10.7. The number of likely N-dealkylation sites (tertiary alicyclic amines) is 1. The van der Waals surface area contributed by atoms with Crippen molar-refractivity contribution in [2.45, 2.75) is 32.2 Å². The molecule has 5 heteroatoms. The Morgan fingerprint density at radius 3 is 2.68 bits per heavy atom. The van der Waals surface area contributed by atoms with Crippen LogP contribution in [0.25, 0.3) is 0 Å². The predicted molar refractivity (Wildman–Crippen MR) is 75.4 cm³/mol. The summed E-state index contributed by atoms with van der Waals surface area (Å²) < 4.78 is 0. The van der Waals surface area contributed by atoms with E-state index in [0.717, 1.165) is 18.4 Å². The average molecular weight is 300 g/mol. The fourth-order valence-corrected chi connectivity index (χ4v) is 2.75. The Morgan fingerprint density at radius 2 is 2.05 bits per heavy atom. The van der Waals surface area contributed by atoms with Crippen LogP contribution >= 0.6 is 23.2 Å². The van der Waals surface area contributed by atoms with Crippen LogP contribution in [-0.2, 0) is 9.59 Å². The molecule has 1 aromatic carbocycles. The third kappa shape index (κ3) is 3.28. The molecule has 0 aliphatic carbocycles. The first-order valence-electron chi connectivity index (χ1n) is 6.23. The second-order valence-electron chi connectivity index (χ2n) is 4.80. The minimum absolute atomic E-state index is 0.00150. The number of amides is 1. The van der Waals surface area contributed by atoms with Gasteiger partial charge in [-0.15, -0.1) is 0 Å². The van der Waals surface area contributed by atoms with Gasteiger partial charge in [0.05, 0.1) is 22.5 Å². The Kier molecular flexibility index (Phi) is 4.48. The molecule has 0 aromatic heterocycles. The highest BCUT2D eigenvalue weighted by Crippen LogP contribution is 2.35. The summed E-state index contributed by atoms with van der Waals surface area (Å²) in [5.74, 6) is -0.217. The summed E-state index contributed by atoms with van der Waals surface area (Å²) in [6.45, 7) is 2.12. The summed E-state index contributed by atoms with van der Waals surface area (Å²) in [6.07, 6.45) is 1.80. The molecule has 1 saturated heterocycles. The maximum Gasteiger partial charge on any atom is 0.230 e. The summed E-state index contributed by atoms with van der Waals surface area (Å²) in [5.41, 5.74) is 0.976. The van der Waals surface area contributed by atoms with Crippen molar-refractivity contribution in [1.82, 2.24) is 4.90 Å². The first-order chi connectivity index (χ1) is 8.99. The SMILES string of the molecule is CC(=O)CC(=O)N1CCCC1c1ccc(Cl)c(Cl)c1. The summed E-state index contributed by atoms with van der Waals surface area (Å²) >= 11 is 11.9. The van der Waals surface area contributed by atoms with Crippen LogP contribution in [0.1, 0.15) is 37.8 Å². The summed E-state index contributed by atoms with van der Waals surface area (Å²) in [4.78, 5) is 24.9. The van der Waals surface area contributed by atoms with Crippen LogP contribution < -0.4 is 0 Å². The van der Waals surface area contributed by atoms with Crippen LogP contribution in [0.5, 0.6) is 0 Å².